The van der Waals surface area contributed by atoms with Gasteiger partial charge >= 0.3 is 12.0 Å². The van der Waals surface area contributed by atoms with E-state index in [1.165, 1.54) is 0 Å². The number of aliphatic hydroxyl groups is 1. The highest BCUT2D eigenvalue weighted by molar-refractivity contribution is 5.94. The minimum Gasteiger partial charge on any atom is -0.480 e. The molecule has 0 aromatic heterocycles. The number of carbonyl (C=O) groups excluding carboxylic acids is 1. The molecule has 0 bridgehead atoms. The number of carbonyl (C=O) groups is 2. The van der Waals surface area contributed by atoms with E-state index in [-0.39, 0.29) is 13.0 Å². The molecule has 2 amide bonds. The first-order valence-electron chi connectivity index (χ1n) is 6.42. The fourth-order valence-electron chi connectivity index (χ4n) is 2.38. The number of nitrogens with one attached hydrogen (secondary N) is 1. The second-order valence-electron chi connectivity index (χ2n) is 4.94. The van der Waals surface area contributed by atoms with Gasteiger partial charge in [0.15, 0.2) is 0 Å². The van der Waals surface area contributed by atoms with Crippen molar-refractivity contribution in [2.24, 2.45) is 0 Å². The van der Waals surface area contributed by atoms with Crippen molar-refractivity contribution in [3.05, 3.63) is 29.3 Å². The van der Waals surface area contributed by atoms with Crippen molar-refractivity contribution in [3.63, 3.8) is 0 Å². The molecule has 110 valence electrons. The van der Waals surface area contributed by atoms with E-state index in [9.17, 15) is 14.7 Å². The first-order valence-corrected chi connectivity index (χ1v) is 6.42. The first kappa shape index (κ1) is 14.8. The van der Waals surface area contributed by atoms with Gasteiger partial charge < -0.3 is 20.4 Å². The molecule has 1 heterocycles. The number of nitrogens with zero attached hydrogens (tertiary/aromatic N) is 2. The van der Waals surface area contributed by atoms with Crippen molar-refractivity contribution in [2.45, 2.75) is 25.5 Å². The lowest BCUT2D eigenvalue weighted by atomic mass is 10.1. The molecule has 2 rings (SSSR count). The Labute approximate surface area is 121 Å². The lowest BCUT2D eigenvalue weighted by Crippen LogP contribution is -2.43. The molecule has 7 heteroatoms. The number of carboxylic acids is 1. The molecular weight excluding hydrogens is 274 g/mol. The third-order valence-corrected chi connectivity index (χ3v) is 3.45. The maximum atomic E-state index is 12.2. The van der Waals surface area contributed by atoms with Gasteiger partial charge in [-0.05, 0) is 18.6 Å². The van der Waals surface area contributed by atoms with E-state index < -0.39 is 24.1 Å². The molecule has 1 fully saturated rings. The third-order valence-electron chi connectivity index (χ3n) is 3.45. The Hall–Kier alpha value is -2.59. The van der Waals surface area contributed by atoms with Crippen LogP contribution >= 0.6 is 0 Å². The molecule has 2 atom stereocenters. The minimum atomic E-state index is -1.16. The van der Waals surface area contributed by atoms with Crippen LogP contribution in [0.5, 0.6) is 0 Å². The van der Waals surface area contributed by atoms with Gasteiger partial charge in [-0.1, -0.05) is 12.1 Å². The Balaban J connectivity index is 2.21. The van der Waals surface area contributed by atoms with Crippen molar-refractivity contribution >= 4 is 17.7 Å². The van der Waals surface area contributed by atoms with Crippen molar-refractivity contribution in [3.8, 4) is 6.07 Å². The highest BCUT2D eigenvalue weighted by Crippen LogP contribution is 2.22. The molecule has 1 aliphatic heterocycles. The van der Waals surface area contributed by atoms with Gasteiger partial charge in [-0.2, -0.15) is 5.26 Å². The van der Waals surface area contributed by atoms with E-state index in [0.717, 1.165) is 4.90 Å². The Morgan fingerprint density at radius 1 is 1.48 bits per heavy atom. The summed E-state index contributed by atoms with van der Waals surface area (Å²) in [6.07, 6.45) is -0.855. The van der Waals surface area contributed by atoms with Crippen molar-refractivity contribution in [1.82, 2.24) is 4.90 Å². The summed E-state index contributed by atoms with van der Waals surface area (Å²) in [4.78, 5) is 24.4. The number of benzene rings is 1. The second kappa shape index (κ2) is 5.81. The van der Waals surface area contributed by atoms with Crippen LogP contribution in [0.1, 0.15) is 17.5 Å². The van der Waals surface area contributed by atoms with Crippen LogP contribution in [-0.2, 0) is 4.79 Å². The highest BCUT2D eigenvalue weighted by Gasteiger charge is 2.39. The number of rotatable bonds is 2. The van der Waals surface area contributed by atoms with E-state index in [4.69, 9.17) is 10.4 Å². The zero-order valence-corrected chi connectivity index (χ0v) is 11.4. The molecule has 1 aromatic carbocycles. The fourth-order valence-corrected chi connectivity index (χ4v) is 2.38. The van der Waals surface area contributed by atoms with Gasteiger partial charge in [0, 0.05) is 13.0 Å². The van der Waals surface area contributed by atoms with Crippen LogP contribution in [-0.4, -0.2) is 45.8 Å². The minimum absolute atomic E-state index is 0.00166. The van der Waals surface area contributed by atoms with E-state index in [1.54, 1.807) is 25.1 Å². The largest absolute Gasteiger partial charge is 0.480 e. The molecule has 1 aromatic rings. The zero-order valence-electron chi connectivity index (χ0n) is 11.4. The number of aliphatic hydroxyl groups excluding tert-OH is 1. The van der Waals surface area contributed by atoms with Crippen LogP contribution in [0.25, 0.3) is 0 Å². The number of likely N-dealkylation sites (tertiary alicyclic amines) is 1. The summed E-state index contributed by atoms with van der Waals surface area (Å²) in [7, 11) is 0. The molecule has 3 N–H and O–H groups in total. The Bertz CT molecular complexity index is 623. The number of aryl methyl sites for hydroxylation is 1. The Morgan fingerprint density at radius 2 is 2.19 bits per heavy atom. The average Bonchev–Trinajstić information content (AvgIpc) is 2.81. The van der Waals surface area contributed by atoms with Crippen molar-refractivity contribution in [1.29, 1.82) is 5.26 Å². The Morgan fingerprint density at radius 3 is 2.81 bits per heavy atom. The summed E-state index contributed by atoms with van der Waals surface area (Å²) in [5.74, 6) is -1.16. The molecule has 7 nitrogen and oxygen atoms in total. The number of aliphatic carboxylic acids is 1. The molecule has 21 heavy (non-hydrogen) atoms. The second-order valence-corrected chi connectivity index (χ2v) is 4.94. The van der Waals surface area contributed by atoms with Gasteiger partial charge in [0.05, 0.1) is 17.4 Å². The van der Waals surface area contributed by atoms with E-state index in [0.29, 0.717) is 16.8 Å². The van der Waals surface area contributed by atoms with E-state index in [1.807, 2.05) is 6.07 Å². The predicted molar refractivity (Wildman–Crippen MR) is 73.7 cm³/mol. The summed E-state index contributed by atoms with van der Waals surface area (Å²) in [6, 6.07) is 5.32. The number of hydrogen-bond acceptors (Lipinski definition) is 4. The standard InChI is InChI=1S/C14H15N3O4/c1-8-3-2-4-11(10(8)6-15)16-14(21)17-7-9(18)5-12(17)13(19)20/h2-4,9,12,18H,5,7H2,1H3,(H,16,21)(H,19,20). The molecule has 1 saturated heterocycles. The van der Waals surface area contributed by atoms with Crippen LogP contribution < -0.4 is 5.32 Å². The van der Waals surface area contributed by atoms with Crippen LogP contribution in [0.4, 0.5) is 10.5 Å². The number of hydrogen-bond donors (Lipinski definition) is 3. The van der Waals surface area contributed by atoms with E-state index in [2.05, 4.69) is 5.32 Å². The number of nitriles is 1. The van der Waals surface area contributed by atoms with Crippen molar-refractivity contribution < 1.29 is 19.8 Å². The number of β-amino-alcohol motifs (C(OH)–C–C–N with tert-alkyl or cyclic N) is 1. The molecule has 0 saturated carbocycles. The third kappa shape index (κ3) is 2.95. The van der Waals surface area contributed by atoms with E-state index >= 15 is 0 Å². The molecule has 0 radical (unpaired) electrons. The number of carboxylic acid groups (broad SMARTS) is 1. The van der Waals surface area contributed by atoms with Gasteiger partial charge in [0.1, 0.15) is 12.1 Å². The van der Waals surface area contributed by atoms with Gasteiger partial charge in [0.25, 0.3) is 0 Å². The number of anilines is 1. The molecule has 2 unspecified atom stereocenters. The SMILES string of the molecule is Cc1cccc(NC(=O)N2CC(O)CC2C(=O)O)c1C#N. The van der Waals surface area contributed by atoms with Gasteiger partial charge in [-0.25, -0.2) is 9.59 Å². The van der Waals surface area contributed by atoms with Gasteiger partial charge in [-0.15, -0.1) is 0 Å². The highest BCUT2D eigenvalue weighted by atomic mass is 16.4. The zero-order chi connectivity index (χ0) is 15.6. The molecule has 1 aliphatic rings. The lowest BCUT2D eigenvalue weighted by Gasteiger charge is -2.22. The summed E-state index contributed by atoms with van der Waals surface area (Å²) in [6.45, 7) is 1.70. The quantitative estimate of drug-likeness (QED) is 0.749. The first-order chi connectivity index (χ1) is 9.93. The smallest absolute Gasteiger partial charge is 0.326 e. The monoisotopic (exact) mass is 289 g/mol. The normalized spacial score (nSPS) is 20.9. The lowest BCUT2D eigenvalue weighted by molar-refractivity contribution is -0.141. The Kier molecular flexibility index (Phi) is 4.10. The van der Waals surface area contributed by atoms with Crippen molar-refractivity contribution in [2.75, 3.05) is 11.9 Å². The molecule has 0 spiro atoms. The molecular formula is C14H15N3O4. The van der Waals surface area contributed by atoms with Gasteiger partial charge in [-0.3, -0.25) is 0 Å². The maximum Gasteiger partial charge on any atom is 0.326 e. The summed E-state index contributed by atoms with van der Waals surface area (Å²) in [5, 5.41) is 30.3. The van der Waals surface area contributed by atoms with Crippen LogP contribution in [0.15, 0.2) is 18.2 Å². The maximum absolute atomic E-state index is 12.2. The summed E-state index contributed by atoms with van der Waals surface area (Å²) < 4.78 is 0. The topological polar surface area (TPSA) is 114 Å². The summed E-state index contributed by atoms with van der Waals surface area (Å²) in [5.41, 5.74) is 1.37. The molecule has 0 aliphatic carbocycles. The fraction of sp³-hybridized carbons (Fsp3) is 0.357. The van der Waals surface area contributed by atoms with Crippen LogP contribution in [0, 0.1) is 18.3 Å². The van der Waals surface area contributed by atoms with Gasteiger partial charge in [0.2, 0.25) is 0 Å². The average molecular weight is 289 g/mol. The van der Waals surface area contributed by atoms with Crippen LogP contribution in [0.2, 0.25) is 0 Å². The number of urea groups is 1. The van der Waals surface area contributed by atoms with Crippen LogP contribution in [0.3, 0.4) is 0 Å². The predicted octanol–water partition coefficient (Wildman–Crippen LogP) is 0.918. The number of amides is 2. The summed E-state index contributed by atoms with van der Waals surface area (Å²) >= 11 is 0.